The van der Waals surface area contributed by atoms with Crippen LogP contribution in [-0.4, -0.2) is 0 Å². The molecule has 0 atom stereocenters. The average molecular weight is 504 g/mol. The maximum atomic E-state index is 6.77. The van der Waals surface area contributed by atoms with Crippen LogP contribution < -0.4 is 5.73 Å². The Labute approximate surface area is 231 Å². The molecule has 2 aliphatic carbocycles. The molecule has 5 aromatic carbocycles. The second-order valence-electron chi connectivity index (χ2n) is 11.0. The Morgan fingerprint density at radius 3 is 1.56 bits per heavy atom. The molecule has 39 heavy (non-hydrogen) atoms. The van der Waals surface area contributed by atoms with E-state index < -0.39 is 5.41 Å². The molecule has 2 N–H and O–H groups in total. The smallest absolute Gasteiger partial charge is 0.0725 e. The molecule has 2 aliphatic rings. The van der Waals surface area contributed by atoms with Crippen LogP contribution in [0.2, 0.25) is 0 Å². The lowest BCUT2D eigenvalue weighted by Crippen LogP contribution is -2.34. The van der Waals surface area contributed by atoms with Crippen LogP contribution in [0.25, 0.3) is 22.8 Å². The minimum absolute atomic E-state index is 0.289. The molecule has 0 saturated carbocycles. The third-order valence-corrected chi connectivity index (χ3v) is 9.27. The third-order valence-electron chi connectivity index (χ3n) is 9.27. The Hall–Kier alpha value is -4.20. The summed E-state index contributed by atoms with van der Waals surface area (Å²) in [6, 6.07) is 44.9. The number of hydrogen-bond acceptors (Lipinski definition) is 1. The Morgan fingerprint density at radius 1 is 0.538 bits per heavy atom. The van der Waals surface area contributed by atoms with Crippen LogP contribution in [0.1, 0.15) is 71.2 Å². The molecule has 1 nitrogen and oxygen atoms in total. The first-order chi connectivity index (χ1) is 19.1. The van der Waals surface area contributed by atoms with Gasteiger partial charge in [0.15, 0.2) is 0 Å². The van der Waals surface area contributed by atoms with E-state index in [4.69, 9.17) is 5.73 Å². The van der Waals surface area contributed by atoms with Gasteiger partial charge in [-0.3, -0.25) is 0 Å². The summed E-state index contributed by atoms with van der Waals surface area (Å²) in [6.45, 7) is 4.35. The molecule has 7 rings (SSSR count). The van der Waals surface area contributed by atoms with E-state index in [0.29, 0.717) is 0 Å². The lowest BCUT2D eigenvalue weighted by Gasteiger charge is -2.35. The van der Waals surface area contributed by atoms with Crippen molar-refractivity contribution < 1.29 is 0 Å². The van der Waals surface area contributed by atoms with E-state index in [1.54, 1.807) is 0 Å². The molecule has 0 amide bonds. The zero-order valence-corrected chi connectivity index (χ0v) is 22.6. The van der Waals surface area contributed by atoms with Gasteiger partial charge in [0.05, 0.1) is 5.41 Å². The van der Waals surface area contributed by atoms with E-state index in [9.17, 15) is 0 Å². The summed E-state index contributed by atoms with van der Waals surface area (Å²) < 4.78 is 0. The molecule has 5 aromatic rings. The minimum Gasteiger partial charge on any atom is -0.321 e. The lowest BCUT2D eigenvalue weighted by molar-refractivity contribution is 0.413. The van der Waals surface area contributed by atoms with Gasteiger partial charge in [-0.25, -0.2) is 0 Å². The predicted molar refractivity (Wildman–Crippen MR) is 164 cm³/mol. The van der Waals surface area contributed by atoms with Crippen molar-refractivity contribution in [2.75, 3.05) is 0 Å². The summed E-state index contributed by atoms with van der Waals surface area (Å²) in [4.78, 5) is 0. The lowest BCUT2D eigenvalue weighted by atomic mass is 9.66. The van der Waals surface area contributed by atoms with Crippen molar-refractivity contribution in [1.82, 2.24) is 0 Å². The van der Waals surface area contributed by atoms with Crippen LogP contribution in [0, 0.1) is 0 Å². The molecule has 190 valence electrons. The highest BCUT2D eigenvalue weighted by molar-refractivity contribution is 5.99. The van der Waals surface area contributed by atoms with E-state index >= 15 is 0 Å². The maximum absolute atomic E-state index is 6.77. The zero-order chi connectivity index (χ0) is 26.6. The minimum atomic E-state index is -0.393. The monoisotopic (exact) mass is 503 g/mol. The van der Waals surface area contributed by atoms with Gasteiger partial charge < -0.3 is 5.73 Å². The zero-order valence-electron chi connectivity index (χ0n) is 22.6. The molecule has 0 radical (unpaired) electrons. The van der Waals surface area contributed by atoms with Gasteiger partial charge in [-0.15, -0.1) is 0 Å². The fourth-order valence-corrected chi connectivity index (χ4v) is 7.08. The summed E-state index contributed by atoms with van der Waals surface area (Å²) >= 11 is 0. The second-order valence-corrected chi connectivity index (χ2v) is 11.0. The van der Waals surface area contributed by atoms with Crippen LogP contribution in [0.5, 0.6) is 0 Å². The van der Waals surface area contributed by atoms with Crippen molar-refractivity contribution in [3.05, 3.63) is 166 Å². The third kappa shape index (κ3) is 3.30. The van der Waals surface area contributed by atoms with E-state index in [2.05, 4.69) is 141 Å². The molecule has 0 heterocycles. The fraction of sp³-hybridized carbons (Fsp3) is 0.158. The van der Waals surface area contributed by atoms with Crippen LogP contribution in [-0.2, 0) is 11.0 Å². The van der Waals surface area contributed by atoms with E-state index in [-0.39, 0.29) is 5.54 Å². The quantitative estimate of drug-likeness (QED) is 0.255. The van der Waals surface area contributed by atoms with Crippen molar-refractivity contribution in [1.29, 1.82) is 0 Å². The summed E-state index contributed by atoms with van der Waals surface area (Å²) in [5.41, 5.74) is 20.3. The van der Waals surface area contributed by atoms with Crippen LogP contribution in [0.15, 0.2) is 121 Å². The summed E-state index contributed by atoms with van der Waals surface area (Å²) in [6.07, 6.45) is 4.24. The maximum Gasteiger partial charge on any atom is 0.0725 e. The van der Waals surface area contributed by atoms with Crippen LogP contribution in [0.4, 0.5) is 0 Å². The van der Waals surface area contributed by atoms with Crippen molar-refractivity contribution in [3.63, 3.8) is 0 Å². The first kappa shape index (κ1) is 23.9. The normalized spacial score (nSPS) is 14.6. The van der Waals surface area contributed by atoms with Crippen molar-refractivity contribution in [2.45, 2.75) is 37.6 Å². The molecule has 0 unspecified atom stereocenters. The molecule has 0 saturated heterocycles. The van der Waals surface area contributed by atoms with E-state index in [0.717, 1.165) is 12.8 Å². The largest absolute Gasteiger partial charge is 0.321 e. The SMILES string of the molecule is CCC(N)(CC)c1ccc(C2=Cc3ccccc3C3(c4ccccc42)c2ccccc2-c2ccccc23)cc1. The highest BCUT2D eigenvalue weighted by atomic mass is 14.7. The fourth-order valence-electron chi connectivity index (χ4n) is 7.08. The summed E-state index contributed by atoms with van der Waals surface area (Å²) in [5.74, 6) is 0. The van der Waals surface area contributed by atoms with Gasteiger partial charge >= 0.3 is 0 Å². The first-order valence-corrected chi connectivity index (χ1v) is 14.1. The molecule has 1 heteroatoms. The molecule has 0 fully saturated rings. The Morgan fingerprint density at radius 2 is 1.00 bits per heavy atom. The van der Waals surface area contributed by atoms with Gasteiger partial charge in [0, 0.05) is 5.54 Å². The number of benzene rings is 5. The van der Waals surface area contributed by atoms with Gasteiger partial charge in [0.25, 0.3) is 0 Å². The van der Waals surface area contributed by atoms with Crippen LogP contribution >= 0.6 is 0 Å². The molecule has 1 spiro atoms. The molecular weight excluding hydrogens is 470 g/mol. The van der Waals surface area contributed by atoms with Gasteiger partial charge in [-0.05, 0) is 80.1 Å². The molecule has 0 aromatic heterocycles. The Balaban J connectivity index is 1.54. The van der Waals surface area contributed by atoms with Gasteiger partial charge in [-0.1, -0.05) is 135 Å². The standard InChI is InChI=1S/C38H33N/c1-3-37(39,4-2)28-23-21-26(22-24-28)32-25-27-13-5-9-17-33(27)38(36-20-12-8-16-31(32)36)34-18-10-6-14-29(34)30-15-7-11-19-35(30)38/h5-25H,3-4,39H2,1-2H3. The van der Waals surface area contributed by atoms with Gasteiger partial charge in [0.1, 0.15) is 0 Å². The Kier molecular flexibility index (Phi) is 5.47. The van der Waals surface area contributed by atoms with Crippen molar-refractivity contribution in [2.24, 2.45) is 5.73 Å². The van der Waals surface area contributed by atoms with Crippen molar-refractivity contribution in [3.8, 4) is 11.1 Å². The highest BCUT2D eigenvalue weighted by Crippen LogP contribution is 2.59. The summed E-state index contributed by atoms with van der Waals surface area (Å²) in [5, 5.41) is 0. The molecule has 0 aliphatic heterocycles. The topological polar surface area (TPSA) is 26.0 Å². The second kappa shape index (κ2) is 8.93. The van der Waals surface area contributed by atoms with Gasteiger partial charge in [0.2, 0.25) is 0 Å². The number of hydrogen-bond donors (Lipinski definition) is 1. The predicted octanol–water partition coefficient (Wildman–Crippen LogP) is 8.93. The number of nitrogens with two attached hydrogens (primary N) is 1. The molecular formula is C38H33N. The first-order valence-electron chi connectivity index (χ1n) is 14.1. The summed E-state index contributed by atoms with van der Waals surface area (Å²) in [7, 11) is 0. The average Bonchev–Trinajstić information content (AvgIpc) is 3.23. The van der Waals surface area contributed by atoms with Crippen molar-refractivity contribution >= 4 is 11.6 Å². The number of fused-ring (bicyclic) bond motifs is 9. The highest BCUT2D eigenvalue weighted by Gasteiger charge is 2.48. The van der Waals surface area contributed by atoms with E-state index in [1.807, 2.05) is 0 Å². The number of rotatable bonds is 4. The van der Waals surface area contributed by atoms with Crippen LogP contribution in [0.3, 0.4) is 0 Å². The Bertz CT molecular complexity index is 1690. The van der Waals surface area contributed by atoms with Gasteiger partial charge in [-0.2, -0.15) is 0 Å². The molecule has 0 bridgehead atoms. The van der Waals surface area contributed by atoms with E-state index in [1.165, 1.54) is 61.2 Å².